The molecule has 0 aromatic heterocycles. The fraction of sp³-hybridized carbons (Fsp3) is 0.474. The smallest absolute Gasteiger partial charge is 0.252 e. The number of hydrogen-bond acceptors (Lipinski definition) is 3. The van der Waals surface area contributed by atoms with Crippen molar-refractivity contribution in [3.05, 3.63) is 41.0 Å². The molecule has 1 aliphatic rings. The van der Waals surface area contributed by atoms with Gasteiger partial charge in [-0.1, -0.05) is 31.2 Å². The molecule has 0 atom stereocenters. The van der Waals surface area contributed by atoms with Crippen LogP contribution >= 0.6 is 0 Å². The van der Waals surface area contributed by atoms with Gasteiger partial charge in [0.2, 0.25) is 0 Å². The van der Waals surface area contributed by atoms with Gasteiger partial charge in [-0.05, 0) is 56.0 Å². The van der Waals surface area contributed by atoms with Crippen molar-refractivity contribution >= 4 is 17.8 Å². The Morgan fingerprint density at radius 2 is 2.00 bits per heavy atom. The van der Waals surface area contributed by atoms with E-state index in [4.69, 9.17) is 0 Å². The number of hydrogen-bond donors (Lipinski definition) is 1. The average molecular weight is 313 g/mol. The van der Waals surface area contributed by atoms with Gasteiger partial charge in [0, 0.05) is 19.2 Å². The minimum atomic E-state index is -0.0458. The van der Waals surface area contributed by atoms with Gasteiger partial charge in [0.25, 0.3) is 5.91 Å². The molecule has 0 bridgehead atoms. The molecule has 1 N–H and O–H groups in total. The van der Waals surface area contributed by atoms with E-state index >= 15 is 0 Å². The molecular weight excluding hydrogens is 286 g/mol. The van der Waals surface area contributed by atoms with E-state index < -0.39 is 0 Å². The van der Waals surface area contributed by atoms with E-state index in [0.717, 1.165) is 30.8 Å². The zero-order valence-electron chi connectivity index (χ0n) is 14.4. The predicted octanol–water partition coefficient (Wildman–Crippen LogP) is 3.03. The van der Waals surface area contributed by atoms with Gasteiger partial charge in [0.05, 0.1) is 6.34 Å². The number of amides is 1. The van der Waals surface area contributed by atoms with E-state index in [1.165, 1.54) is 30.3 Å². The molecule has 0 saturated carbocycles. The van der Waals surface area contributed by atoms with Crippen LogP contribution in [0.3, 0.4) is 0 Å². The van der Waals surface area contributed by atoms with Crippen LogP contribution in [0.25, 0.3) is 5.57 Å². The summed E-state index contributed by atoms with van der Waals surface area (Å²) in [7, 11) is 1.65. The van der Waals surface area contributed by atoms with E-state index in [2.05, 4.69) is 34.3 Å². The SMILES string of the molecule is CC/C(C(=O)N/C=N\C)=C(/CN1CCCC1)c1ccccc1C. The van der Waals surface area contributed by atoms with E-state index in [0.29, 0.717) is 6.42 Å². The molecule has 0 aliphatic carbocycles. The zero-order chi connectivity index (χ0) is 16.7. The van der Waals surface area contributed by atoms with E-state index in [1.54, 1.807) is 7.05 Å². The first kappa shape index (κ1) is 17.4. The number of carbonyl (C=O) groups is 1. The molecule has 1 aliphatic heterocycles. The van der Waals surface area contributed by atoms with E-state index in [9.17, 15) is 4.79 Å². The molecule has 1 amide bonds. The maximum absolute atomic E-state index is 12.6. The largest absolute Gasteiger partial charge is 0.313 e. The first-order valence-electron chi connectivity index (χ1n) is 8.39. The number of likely N-dealkylation sites (tertiary alicyclic amines) is 1. The summed E-state index contributed by atoms with van der Waals surface area (Å²) in [5, 5.41) is 2.77. The molecule has 124 valence electrons. The van der Waals surface area contributed by atoms with Crippen molar-refractivity contribution in [3.63, 3.8) is 0 Å². The summed E-state index contributed by atoms with van der Waals surface area (Å²) in [4.78, 5) is 18.9. The Balaban J connectivity index is 2.42. The lowest BCUT2D eigenvalue weighted by Crippen LogP contribution is -2.28. The maximum Gasteiger partial charge on any atom is 0.252 e. The normalized spacial score (nSPS) is 16.7. The lowest BCUT2D eigenvalue weighted by atomic mass is 9.93. The Morgan fingerprint density at radius 3 is 2.61 bits per heavy atom. The van der Waals surface area contributed by atoms with Gasteiger partial charge < -0.3 is 5.32 Å². The molecule has 1 aromatic carbocycles. The first-order valence-corrected chi connectivity index (χ1v) is 8.39. The summed E-state index contributed by atoms with van der Waals surface area (Å²) in [5.74, 6) is -0.0458. The Morgan fingerprint density at radius 1 is 1.30 bits per heavy atom. The van der Waals surface area contributed by atoms with Gasteiger partial charge in [-0.3, -0.25) is 14.7 Å². The molecule has 0 radical (unpaired) electrons. The molecule has 4 nitrogen and oxygen atoms in total. The number of aryl methyl sites for hydroxylation is 1. The minimum Gasteiger partial charge on any atom is -0.313 e. The summed E-state index contributed by atoms with van der Waals surface area (Å²) in [6.07, 6.45) is 4.67. The molecule has 1 aromatic rings. The molecule has 1 saturated heterocycles. The number of carbonyl (C=O) groups excluding carboxylic acids is 1. The second-order valence-corrected chi connectivity index (χ2v) is 5.97. The van der Waals surface area contributed by atoms with Crippen LogP contribution in [0, 0.1) is 6.92 Å². The summed E-state index contributed by atoms with van der Waals surface area (Å²) in [5.41, 5.74) is 4.39. The quantitative estimate of drug-likeness (QED) is 0.498. The maximum atomic E-state index is 12.6. The van der Waals surface area contributed by atoms with E-state index in [1.807, 2.05) is 19.1 Å². The Hall–Kier alpha value is -1.94. The molecule has 2 rings (SSSR count). The van der Waals surface area contributed by atoms with Crippen LogP contribution in [0.5, 0.6) is 0 Å². The van der Waals surface area contributed by atoms with Crippen molar-refractivity contribution in [1.29, 1.82) is 0 Å². The zero-order valence-corrected chi connectivity index (χ0v) is 14.4. The summed E-state index contributed by atoms with van der Waals surface area (Å²) < 4.78 is 0. The first-order chi connectivity index (χ1) is 11.2. The minimum absolute atomic E-state index is 0.0458. The highest BCUT2D eigenvalue weighted by Gasteiger charge is 2.20. The molecule has 0 spiro atoms. The molecule has 1 fully saturated rings. The van der Waals surface area contributed by atoms with Crippen LogP contribution in [-0.4, -0.2) is 43.8 Å². The summed E-state index contributed by atoms with van der Waals surface area (Å²) in [6, 6.07) is 8.32. The predicted molar refractivity (Wildman–Crippen MR) is 96.6 cm³/mol. The highest BCUT2D eigenvalue weighted by Crippen LogP contribution is 2.26. The van der Waals surface area contributed by atoms with Gasteiger partial charge in [-0.2, -0.15) is 0 Å². The number of aliphatic imine (C=N–C) groups is 1. The van der Waals surface area contributed by atoms with Crippen molar-refractivity contribution in [3.8, 4) is 0 Å². The molecule has 23 heavy (non-hydrogen) atoms. The van der Waals surface area contributed by atoms with Crippen LogP contribution in [-0.2, 0) is 4.79 Å². The summed E-state index contributed by atoms with van der Waals surface area (Å²) >= 11 is 0. The Labute approximate surface area is 139 Å². The third kappa shape index (κ3) is 4.52. The van der Waals surface area contributed by atoms with Gasteiger partial charge in [-0.15, -0.1) is 0 Å². The Kier molecular flexibility index (Phi) is 6.53. The third-order valence-electron chi connectivity index (χ3n) is 4.37. The van der Waals surface area contributed by atoms with Crippen LogP contribution in [0.1, 0.15) is 37.3 Å². The molecule has 1 heterocycles. The highest BCUT2D eigenvalue weighted by atomic mass is 16.1. The number of nitrogens with zero attached hydrogens (tertiary/aromatic N) is 2. The topological polar surface area (TPSA) is 44.7 Å². The van der Waals surface area contributed by atoms with Crippen molar-refractivity contribution in [2.75, 3.05) is 26.7 Å². The summed E-state index contributed by atoms with van der Waals surface area (Å²) in [6.45, 7) is 7.22. The third-order valence-corrected chi connectivity index (χ3v) is 4.37. The second kappa shape index (κ2) is 8.63. The Bertz CT molecular complexity index is 598. The van der Waals surface area contributed by atoms with Crippen molar-refractivity contribution in [1.82, 2.24) is 10.2 Å². The van der Waals surface area contributed by atoms with Gasteiger partial charge in [-0.25, -0.2) is 0 Å². The van der Waals surface area contributed by atoms with Gasteiger partial charge in [0.1, 0.15) is 0 Å². The second-order valence-electron chi connectivity index (χ2n) is 5.97. The molecule has 0 unspecified atom stereocenters. The lowest BCUT2D eigenvalue weighted by Gasteiger charge is -2.22. The van der Waals surface area contributed by atoms with Gasteiger partial charge >= 0.3 is 0 Å². The van der Waals surface area contributed by atoms with Crippen molar-refractivity contribution < 1.29 is 4.79 Å². The fourth-order valence-corrected chi connectivity index (χ4v) is 3.14. The monoisotopic (exact) mass is 313 g/mol. The van der Waals surface area contributed by atoms with E-state index in [-0.39, 0.29) is 5.91 Å². The number of benzene rings is 1. The molecular formula is C19H27N3O. The van der Waals surface area contributed by atoms with Gasteiger partial charge in [0.15, 0.2) is 0 Å². The standard InChI is InChI=1S/C19H27N3O/c1-4-16(19(23)21-14-20-3)18(13-22-11-7-8-12-22)17-10-6-5-9-15(17)2/h5-6,9-10,14H,4,7-8,11-13H2,1-3H3,(H,20,21,23)/b18-16+. The van der Waals surface area contributed by atoms with Crippen LogP contribution in [0.2, 0.25) is 0 Å². The fourth-order valence-electron chi connectivity index (χ4n) is 3.14. The lowest BCUT2D eigenvalue weighted by molar-refractivity contribution is -0.116. The van der Waals surface area contributed by atoms with Crippen LogP contribution < -0.4 is 5.32 Å². The number of nitrogens with one attached hydrogen (secondary N) is 1. The van der Waals surface area contributed by atoms with Crippen molar-refractivity contribution in [2.24, 2.45) is 4.99 Å². The molecule has 4 heteroatoms. The van der Waals surface area contributed by atoms with Crippen LogP contribution in [0.4, 0.5) is 0 Å². The number of rotatable bonds is 6. The highest BCUT2D eigenvalue weighted by molar-refractivity contribution is 6.06. The van der Waals surface area contributed by atoms with Crippen LogP contribution in [0.15, 0.2) is 34.8 Å². The average Bonchev–Trinajstić information content (AvgIpc) is 3.06. The van der Waals surface area contributed by atoms with Crippen molar-refractivity contribution in [2.45, 2.75) is 33.1 Å².